The van der Waals surface area contributed by atoms with Crippen molar-refractivity contribution in [1.29, 1.82) is 0 Å². The maximum atomic E-state index is 12.7. The van der Waals surface area contributed by atoms with Crippen LogP contribution in [0.15, 0.2) is 34.6 Å². The van der Waals surface area contributed by atoms with E-state index in [9.17, 15) is 4.79 Å². The fourth-order valence-corrected chi connectivity index (χ4v) is 4.21. The molecule has 0 spiro atoms. The topological polar surface area (TPSA) is 86.8 Å². The lowest BCUT2D eigenvalue weighted by Crippen LogP contribution is -2.23. The molecule has 0 saturated heterocycles. The van der Waals surface area contributed by atoms with Gasteiger partial charge in [0.15, 0.2) is 0 Å². The van der Waals surface area contributed by atoms with E-state index in [0.717, 1.165) is 21.5 Å². The summed E-state index contributed by atoms with van der Waals surface area (Å²) in [6.07, 6.45) is 0. The number of rotatable bonds is 6. The average Bonchev–Trinajstić information content (AvgIpc) is 3.07. The largest absolute Gasteiger partial charge is 0.491 e. The highest BCUT2D eigenvalue weighted by atomic mass is 35.5. The number of aryl methyl sites for hydroxylation is 1. The number of hydrogen-bond donors (Lipinski definition) is 1. The lowest BCUT2D eigenvalue weighted by Gasteiger charge is -2.19. The van der Waals surface area contributed by atoms with Gasteiger partial charge in [-0.15, -0.1) is 11.3 Å². The first-order valence-electron chi connectivity index (χ1n) is 9.86. The normalized spacial score (nSPS) is 12.3. The zero-order valence-corrected chi connectivity index (χ0v) is 19.9. The van der Waals surface area contributed by atoms with Crippen LogP contribution < -0.4 is 10.5 Å². The van der Waals surface area contributed by atoms with E-state index < -0.39 is 5.60 Å². The van der Waals surface area contributed by atoms with Crippen molar-refractivity contribution < 1.29 is 14.3 Å². The van der Waals surface area contributed by atoms with E-state index in [1.807, 2.05) is 45.9 Å². The van der Waals surface area contributed by atoms with E-state index in [0.29, 0.717) is 40.8 Å². The molecule has 0 amide bonds. The summed E-state index contributed by atoms with van der Waals surface area (Å²) >= 11 is 7.75. The summed E-state index contributed by atoms with van der Waals surface area (Å²) in [5.41, 5.74) is 8.58. The molecule has 0 bridgehead atoms. The van der Waals surface area contributed by atoms with Gasteiger partial charge in [0.2, 0.25) is 0 Å². The molecule has 2 heterocycles. The maximum Gasteiger partial charge on any atom is 0.341 e. The van der Waals surface area contributed by atoms with E-state index in [1.54, 1.807) is 18.4 Å². The first kappa shape index (κ1) is 23.0. The molecular formula is C23H26ClN3O3S. The van der Waals surface area contributed by atoms with Crippen LogP contribution >= 0.6 is 22.9 Å². The molecule has 0 radical (unpaired) electrons. The number of ether oxygens (including phenoxy) is 2. The molecule has 0 aliphatic heterocycles. The fourth-order valence-electron chi connectivity index (χ4n) is 3.03. The van der Waals surface area contributed by atoms with Gasteiger partial charge in [-0.05, 0) is 58.9 Å². The lowest BCUT2D eigenvalue weighted by atomic mass is 10.0. The molecule has 0 saturated carbocycles. The van der Waals surface area contributed by atoms with Crippen LogP contribution in [0.2, 0.25) is 5.02 Å². The van der Waals surface area contributed by atoms with Gasteiger partial charge in [-0.1, -0.05) is 11.6 Å². The number of fused-ring (bicyclic) bond motifs is 1. The van der Waals surface area contributed by atoms with Crippen molar-refractivity contribution in [2.45, 2.75) is 40.2 Å². The van der Waals surface area contributed by atoms with Crippen LogP contribution in [0.25, 0.3) is 21.3 Å². The first-order valence-corrected chi connectivity index (χ1v) is 11.1. The molecule has 0 atom stereocenters. The van der Waals surface area contributed by atoms with E-state index in [2.05, 4.69) is 9.98 Å². The number of carbonyl (C=O) groups excluding carboxylic acids is 1. The van der Waals surface area contributed by atoms with Crippen molar-refractivity contribution in [3.8, 4) is 16.9 Å². The van der Waals surface area contributed by atoms with Crippen LogP contribution in [0, 0.1) is 6.92 Å². The molecule has 3 rings (SSSR count). The van der Waals surface area contributed by atoms with Gasteiger partial charge in [0, 0.05) is 27.2 Å². The smallest absolute Gasteiger partial charge is 0.341 e. The molecule has 3 aromatic rings. The van der Waals surface area contributed by atoms with E-state index in [4.69, 9.17) is 26.8 Å². The molecule has 1 aromatic carbocycles. The van der Waals surface area contributed by atoms with Gasteiger partial charge in [0.25, 0.3) is 0 Å². The number of carbonyl (C=O) groups is 1. The molecule has 31 heavy (non-hydrogen) atoms. The molecule has 8 heteroatoms. The minimum absolute atomic E-state index is 0.379. The highest BCUT2D eigenvalue weighted by Crippen LogP contribution is 2.40. The van der Waals surface area contributed by atoms with Crippen molar-refractivity contribution >= 4 is 45.0 Å². The second-order valence-electron chi connectivity index (χ2n) is 8.15. The van der Waals surface area contributed by atoms with Gasteiger partial charge in [-0.25, -0.2) is 4.79 Å². The summed E-state index contributed by atoms with van der Waals surface area (Å²) in [4.78, 5) is 21.5. The van der Waals surface area contributed by atoms with Crippen LogP contribution in [0.3, 0.4) is 0 Å². The number of thiophene rings is 1. The van der Waals surface area contributed by atoms with Crippen LogP contribution in [-0.2, 0) is 4.74 Å². The van der Waals surface area contributed by atoms with Crippen molar-refractivity contribution in [1.82, 2.24) is 4.98 Å². The SMILES string of the molecule is CC(N)=NCCOc1ccc(Cl)cc1-c1cc(C)nc2c(C(=O)OC(C)(C)C)csc12. The summed E-state index contributed by atoms with van der Waals surface area (Å²) in [5, 5.41) is 2.38. The molecule has 164 valence electrons. The van der Waals surface area contributed by atoms with Crippen LogP contribution in [0.5, 0.6) is 5.75 Å². The summed E-state index contributed by atoms with van der Waals surface area (Å²) in [5.74, 6) is 0.799. The molecule has 0 fully saturated rings. The number of benzene rings is 1. The Bertz CT molecular complexity index is 1140. The zero-order chi connectivity index (χ0) is 22.8. The first-order chi connectivity index (χ1) is 14.5. The van der Waals surface area contributed by atoms with Gasteiger partial charge in [0.1, 0.15) is 18.0 Å². The molecule has 2 N–H and O–H groups in total. The Kier molecular flexibility index (Phi) is 6.86. The van der Waals surface area contributed by atoms with E-state index in [-0.39, 0.29) is 5.97 Å². The number of hydrogen-bond acceptors (Lipinski definition) is 6. The summed E-state index contributed by atoms with van der Waals surface area (Å²) in [6, 6.07) is 7.44. The Morgan fingerprint density at radius 2 is 2.00 bits per heavy atom. The number of pyridine rings is 1. The van der Waals surface area contributed by atoms with Crippen molar-refractivity contribution in [2.24, 2.45) is 10.7 Å². The summed E-state index contributed by atoms with van der Waals surface area (Å²) in [7, 11) is 0. The number of aliphatic imine (C=N–C) groups is 1. The predicted molar refractivity (Wildman–Crippen MR) is 128 cm³/mol. The number of halogens is 1. The molecule has 2 aromatic heterocycles. The van der Waals surface area contributed by atoms with E-state index in [1.165, 1.54) is 11.3 Å². The van der Waals surface area contributed by atoms with Crippen molar-refractivity contribution in [3.63, 3.8) is 0 Å². The number of amidine groups is 1. The third kappa shape index (κ3) is 5.74. The minimum Gasteiger partial charge on any atom is -0.491 e. The van der Waals surface area contributed by atoms with Gasteiger partial charge < -0.3 is 15.2 Å². The Hall–Kier alpha value is -2.64. The van der Waals surface area contributed by atoms with Crippen molar-refractivity contribution in [3.05, 3.63) is 45.9 Å². The highest BCUT2D eigenvalue weighted by Gasteiger charge is 2.23. The minimum atomic E-state index is -0.587. The third-order valence-electron chi connectivity index (χ3n) is 4.21. The van der Waals surface area contributed by atoms with Crippen molar-refractivity contribution in [2.75, 3.05) is 13.2 Å². The Morgan fingerprint density at radius 3 is 2.68 bits per heavy atom. The molecule has 0 aliphatic carbocycles. The zero-order valence-electron chi connectivity index (χ0n) is 18.3. The van der Waals surface area contributed by atoms with Crippen LogP contribution in [-0.4, -0.2) is 35.5 Å². The fraction of sp³-hybridized carbons (Fsp3) is 0.348. The second kappa shape index (κ2) is 9.24. The lowest BCUT2D eigenvalue weighted by molar-refractivity contribution is 0.00721. The molecular weight excluding hydrogens is 434 g/mol. The Balaban J connectivity index is 2.06. The number of esters is 1. The van der Waals surface area contributed by atoms with E-state index >= 15 is 0 Å². The monoisotopic (exact) mass is 459 g/mol. The third-order valence-corrected chi connectivity index (χ3v) is 5.45. The van der Waals surface area contributed by atoms with Gasteiger partial charge in [-0.3, -0.25) is 9.98 Å². The maximum absolute atomic E-state index is 12.7. The molecule has 6 nitrogen and oxygen atoms in total. The van der Waals surface area contributed by atoms with Gasteiger partial charge >= 0.3 is 5.97 Å². The standard InChI is InChI=1S/C23H26ClN3O3S/c1-13-10-17(16-11-15(24)6-7-19(16)29-9-8-26-14(2)25)21-20(27-13)18(12-31-21)22(28)30-23(3,4)5/h6-7,10-12H,8-9H2,1-5H3,(H2,25,26). The summed E-state index contributed by atoms with van der Waals surface area (Å²) < 4.78 is 12.4. The molecule has 0 unspecified atom stereocenters. The second-order valence-corrected chi connectivity index (χ2v) is 9.47. The van der Waals surface area contributed by atoms with Gasteiger partial charge in [0.05, 0.1) is 28.2 Å². The average molecular weight is 460 g/mol. The van der Waals surface area contributed by atoms with Gasteiger partial charge in [-0.2, -0.15) is 0 Å². The Morgan fingerprint density at radius 1 is 1.26 bits per heavy atom. The van der Waals surface area contributed by atoms with Crippen LogP contribution in [0.4, 0.5) is 0 Å². The number of nitrogens with two attached hydrogens (primary N) is 1. The highest BCUT2D eigenvalue weighted by molar-refractivity contribution is 7.18. The number of aromatic nitrogens is 1. The Labute approximate surface area is 191 Å². The predicted octanol–water partition coefficient (Wildman–Crippen LogP) is 5.64. The number of nitrogens with zero attached hydrogens (tertiary/aromatic N) is 2. The van der Waals surface area contributed by atoms with Crippen LogP contribution in [0.1, 0.15) is 43.7 Å². The quantitative estimate of drug-likeness (QED) is 0.223. The molecule has 0 aliphatic rings. The summed E-state index contributed by atoms with van der Waals surface area (Å²) in [6.45, 7) is 9.99.